The molecular formula is C15H18N2O5. The van der Waals surface area contributed by atoms with Crippen LogP contribution in [0.2, 0.25) is 0 Å². The van der Waals surface area contributed by atoms with Gasteiger partial charge in [-0.05, 0) is 25.1 Å². The summed E-state index contributed by atoms with van der Waals surface area (Å²) in [4.78, 5) is 11.7. The summed E-state index contributed by atoms with van der Waals surface area (Å²) >= 11 is 0. The molecule has 0 aliphatic carbocycles. The van der Waals surface area contributed by atoms with Gasteiger partial charge in [-0.3, -0.25) is 5.10 Å². The van der Waals surface area contributed by atoms with E-state index in [-0.39, 0.29) is 5.69 Å². The van der Waals surface area contributed by atoms with Gasteiger partial charge in [0.15, 0.2) is 11.5 Å². The molecule has 1 heterocycles. The number of rotatable bonds is 6. The second-order valence-corrected chi connectivity index (χ2v) is 4.30. The van der Waals surface area contributed by atoms with E-state index in [1.54, 1.807) is 25.1 Å². The van der Waals surface area contributed by atoms with Gasteiger partial charge in [-0.2, -0.15) is 5.10 Å². The average molecular weight is 306 g/mol. The van der Waals surface area contributed by atoms with Crippen molar-refractivity contribution in [2.24, 2.45) is 0 Å². The fourth-order valence-electron chi connectivity index (χ4n) is 2.01. The first-order valence-corrected chi connectivity index (χ1v) is 6.67. The van der Waals surface area contributed by atoms with Crippen LogP contribution in [0.5, 0.6) is 17.2 Å². The number of H-pyrrole nitrogens is 1. The Morgan fingerprint density at radius 2 is 1.73 bits per heavy atom. The molecule has 0 amide bonds. The monoisotopic (exact) mass is 306 g/mol. The summed E-state index contributed by atoms with van der Waals surface area (Å²) in [5.74, 6) is 1.07. The summed E-state index contributed by atoms with van der Waals surface area (Å²) in [6.07, 6.45) is 0. The lowest BCUT2D eigenvalue weighted by atomic mass is 10.1. The Kier molecular flexibility index (Phi) is 4.88. The lowest BCUT2D eigenvalue weighted by Gasteiger charge is -2.13. The molecule has 0 saturated carbocycles. The van der Waals surface area contributed by atoms with E-state index in [1.165, 1.54) is 21.3 Å². The molecule has 0 aliphatic rings. The Balaban J connectivity index is 2.42. The van der Waals surface area contributed by atoms with E-state index in [2.05, 4.69) is 10.2 Å². The lowest BCUT2D eigenvalue weighted by Crippen LogP contribution is -2.04. The van der Waals surface area contributed by atoms with Gasteiger partial charge in [0.1, 0.15) is 5.69 Å². The smallest absolute Gasteiger partial charge is 0.356 e. The second-order valence-electron chi connectivity index (χ2n) is 4.30. The maximum atomic E-state index is 11.7. The first kappa shape index (κ1) is 15.7. The molecule has 0 unspecified atom stereocenters. The van der Waals surface area contributed by atoms with Crippen molar-refractivity contribution in [3.8, 4) is 28.5 Å². The van der Waals surface area contributed by atoms with Crippen molar-refractivity contribution in [1.82, 2.24) is 10.2 Å². The van der Waals surface area contributed by atoms with Gasteiger partial charge in [-0.15, -0.1) is 0 Å². The van der Waals surface area contributed by atoms with Gasteiger partial charge in [0.05, 0.1) is 33.6 Å². The number of nitrogens with zero attached hydrogens (tertiary/aromatic N) is 1. The first-order valence-electron chi connectivity index (χ1n) is 6.67. The summed E-state index contributed by atoms with van der Waals surface area (Å²) < 4.78 is 20.8. The zero-order chi connectivity index (χ0) is 16.1. The molecule has 0 spiro atoms. The Hall–Kier alpha value is -2.70. The highest BCUT2D eigenvalue weighted by molar-refractivity contribution is 5.88. The van der Waals surface area contributed by atoms with Crippen LogP contribution >= 0.6 is 0 Å². The molecule has 7 heteroatoms. The van der Waals surface area contributed by atoms with Crippen molar-refractivity contribution in [3.63, 3.8) is 0 Å². The van der Waals surface area contributed by atoms with Crippen molar-refractivity contribution in [1.29, 1.82) is 0 Å². The third-order valence-corrected chi connectivity index (χ3v) is 3.03. The van der Waals surface area contributed by atoms with Gasteiger partial charge in [-0.1, -0.05) is 0 Å². The summed E-state index contributed by atoms with van der Waals surface area (Å²) in [6.45, 7) is 2.05. The number of hydrogen-bond acceptors (Lipinski definition) is 6. The largest absolute Gasteiger partial charge is 0.493 e. The van der Waals surface area contributed by atoms with Gasteiger partial charge < -0.3 is 18.9 Å². The number of hydrogen-bond donors (Lipinski definition) is 1. The molecule has 0 atom stereocenters. The molecule has 2 rings (SSSR count). The molecule has 2 aromatic rings. The average Bonchev–Trinajstić information content (AvgIpc) is 3.03. The van der Waals surface area contributed by atoms with E-state index in [9.17, 15) is 4.79 Å². The minimum Gasteiger partial charge on any atom is -0.493 e. The van der Waals surface area contributed by atoms with Crippen LogP contribution in [0.1, 0.15) is 17.4 Å². The Morgan fingerprint density at radius 1 is 1.09 bits per heavy atom. The Morgan fingerprint density at radius 3 is 2.23 bits per heavy atom. The van der Waals surface area contributed by atoms with Crippen LogP contribution in [0.15, 0.2) is 18.2 Å². The van der Waals surface area contributed by atoms with Crippen molar-refractivity contribution in [3.05, 3.63) is 23.9 Å². The van der Waals surface area contributed by atoms with Crippen molar-refractivity contribution >= 4 is 5.97 Å². The zero-order valence-corrected chi connectivity index (χ0v) is 12.9. The summed E-state index contributed by atoms with van der Waals surface area (Å²) in [6, 6.07) is 5.12. The number of aromatic nitrogens is 2. The fraction of sp³-hybridized carbons (Fsp3) is 0.333. The third-order valence-electron chi connectivity index (χ3n) is 3.03. The van der Waals surface area contributed by atoms with Gasteiger partial charge >= 0.3 is 5.97 Å². The van der Waals surface area contributed by atoms with E-state index in [4.69, 9.17) is 18.9 Å². The number of carbonyl (C=O) groups is 1. The number of esters is 1. The number of nitrogens with one attached hydrogen (secondary N) is 1. The molecule has 1 aromatic carbocycles. The minimum absolute atomic E-state index is 0.283. The van der Waals surface area contributed by atoms with Crippen molar-refractivity contribution in [2.75, 3.05) is 27.9 Å². The topological polar surface area (TPSA) is 82.7 Å². The molecule has 0 aliphatic heterocycles. The standard InChI is InChI=1S/C15H18N2O5/c1-5-22-15(18)11-8-10(16-17-11)9-6-12(19-2)14(21-4)13(7-9)20-3/h6-8H,5H2,1-4H3,(H,16,17). The molecule has 0 saturated heterocycles. The maximum Gasteiger partial charge on any atom is 0.356 e. The van der Waals surface area contributed by atoms with E-state index in [1.807, 2.05) is 0 Å². The predicted molar refractivity (Wildman–Crippen MR) is 79.6 cm³/mol. The van der Waals surface area contributed by atoms with Gasteiger partial charge in [0.25, 0.3) is 0 Å². The summed E-state index contributed by atoms with van der Waals surface area (Å²) in [7, 11) is 4.61. The van der Waals surface area contributed by atoms with Crippen LogP contribution in [0, 0.1) is 0 Å². The Bertz CT molecular complexity index is 641. The number of aromatic amines is 1. The van der Waals surface area contributed by atoms with Crippen LogP contribution < -0.4 is 14.2 Å². The molecule has 7 nitrogen and oxygen atoms in total. The maximum absolute atomic E-state index is 11.7. The molecule has 1 aromatic heterocycles. The summed E-state index contributed by atoms with van der Waals surface area (Å²) in [5, 5.41) is 6.77. The van der Waals surface area contributed by atoms with Gasteiger partial charge in [-0.25, -0.2) is 4.79 Å². The molecule has 118 valence electrons. The van der Waals surface area contributed by atoms with Crippen LogP contribution in [-0.4, -0.2) is 44.1 Å². The lowest BCUT2D eigenvalue weighted by molar-refractivity contribution is 0.0519. The van der Waals surface area contributed by atoms with E-state index in [0.717, 1.165) is 5.56 Å². The molecule has 1 N–H and O–H groups in total. The highest BCUT2D eigenvalue weighted by Gasteiger charge is 2.17. The number of ether oxygens (including phenoxy) is 4. The third kappa shape index (κ3) is 2.98. The van der Waals surface area contributed by atoms with Crippen molar-refractivity contribution in [2.45, 2.75) is 6.92 Å². The molecule has 22 heavy (non-hydrogen) atoms. The molecule has 0 fully saturated rings. The number of carbonyl (C=O) groups excluding carboxylic acids is 1. The van der Waals surface area contributed by atoms with E-state index >= 15 is 0 Å². The van der Waals surface area contributed by atoms with Gasteiger partial charge in [0.2, 0.25) is 5.75 Å². The number of methoxy groups -OCH3 is 3. The quantitative estimate of drug-likeness (QED) is 0.824. The predicted octanol–water partition coefficient (Wildman–Crippen LogP) is 2.28. The van der Waals surface area contributed by atoms with Gasteiger partial charge in [0, 0.05) is 5.56 Å². The first-order chi connectivity index (χ1) is 10.6. The van der Waals surface area contributed by atoms with Crippen LogP contribution in [0.25, 0.3) is 11.3 Å². The second kappa shape index (κ2) is 6.84. The van der Waals surface area contributed by atoms with E-state index < -0.39 is 5.97 Å². The molecule has 0 bridgehead atoms. The minimum atomic E-state index is -0.450. The van der Waals surface area contributed by atoms with Crippen molar-refractivity contribution < 1.29 is 23.7 Å². The highest BCUT2D eigenvalue weighted by Crippen LogP contribution is 2.40. The number of benzene rings is 1. The highest BCUT2D eigenvalue weighted by atomic mass is 16.5. The Labute approximate surface area is 128 Å². The normalized spacial score (nSPS) is 10.2. The molecular weight excluding hydrogens is 288 g/mol. The SMILES string of the molecule is CCOC(=O)c1cc(-c2cc(OC)c(OC)c(OC)c2)n[nH]1. The zero-order valence-electron chi connectivity index (χ0n) is 12.9. The fourth-order valence-corrected chi connectivity index (χ4v) is 2.01. The van der Waals surface area contributed by atoms with Crippen LogP contribution in [0.3, 0.4) is 0 Å². The van der Waals surface area contributed by atoms with Crippen LogP contribution in [-0.2, 0) is 4.74 Å². The van der Waals surface area contributed by atoms with E-state index in [0.29, 0.717) is 29.5 Å². The molecule has 0 radical (unpaired) electrons. The van der Waals surface area contributed by atoms with Crippen LogP contribution in [0.4, 0.5) is 0 Å². The summed E-state index contributed by atoms with van der Waals surface area (Å²) in [5.41, 5.74) is 1.58.